The van der Waals surface area contributed by atoms with Gasteiger partial charge in [-0.25, -0.2) is 4.79 Å². The third kappa shape index (κ3) is 4.33. The van der Waals surface area contributed by atoms with Gasteiger partial charge in [0.25, 0.3) is 0 Å². The number of likely N-dealkylation sites (tertiary alicyclic amines) is 1. The number of aliphatic carboxylic acids is 1. The van der Waals surface area contributed by atoms with Crippen LogP contribution in [-0.4, -0.2) is 47.3 Å². The molecule has 2 unspecified atom stereocenters. The van der Waals surface area contributed by atoms with E-state index < -0.39 is 43.1 Å². The molecular formula is C16H25F3N2O3. The van der Waals surface area contributed by atoms with Gasteiger partial charge in [-0.05, 0) is 24.7 Å². The maximum atomic E-state index is 13.0. The fourth-order valence-electron chi connectivity index (χ4n) is 3.78. The number of alkyl halides is 3. The highest BCUT2D eigenvalue weighted by molar-refractivity contribution is 5.78. The summed E-state index contributed by atoms with van der Waals surface area (Å²) in [4.78, 5) is 24.4. The summed E-state index contributed by atoms with van der Waals surface area (Å²) < 4.78 is 39.0. The zero-order valence-corrected chi connectivity index (χ0v) is 14.0. The highest BCUT2D eigenvalue weighted by Gasteiger charge is 2.53. The zero-order valence-electron chi connectivity index (χ0n) is 14.0. The maximum absolute atomic E-state index is 13.0. The van der Waals surface area contributed by atoms with E-state index in [1.54, 1.807) is 0 Å². The van der Waals surface area contributed by atoms with Gasteiger partial charge in [-0.1, -0.05) is 26.7 Å². The number of carboxylic acid groups (broad SMARTS) is 1. The molecule has 0 spiro atoms. The van der Waals surface area contributed by atoms with E-state index in [0.29, 0.717) is 11.8 Å². The summed E-state index contributed by atoms with van der Waals surface area (Å²) in [5.74, 6) is -4.11. The molecule has 1 saturated carbocycles. The summed E-state index contributed by atoms with van der Waals surface area (Å²) in [5.41, 5.74) is 0. The van der Waals surface area contributed by atoms with Gasteiger partial charge in [-0.2, -0.15) is 13.2 Å². The Balaban J connectivity index is 1.96. The Morgan fingerprint density at radius 3 is 2.38 bits per heavy atom. The Morgan fingerprint density at radius 1 is 1.21 bits per heavy atom. The van der Waals surface area contributed by atoms with Crippen LogP contribution in [0.15, 0.2) is 0 Å². The number of carboxylic acids is 1. The molecule has 8 heteroatoms. The van der Waals surface area contributed by atoms with Crippen LogP contribution in [-0.2, 0) is 4.79 Å². The molecule has 1 aliphatic heterocycles. The minimum Gasteiger partial charge on any atom is -0.481 e. The monoisotopic (exact) mass is 350 g/mol. The van der Waals surface area contributed by atoms with Crippen molar-refractivity contribution in [2.75, 3.05) is 13.1 Å². The van der Waals surface area contributed by atoms with Crippen molar-refractivity contribution in [1.82, 2.24) is 10.2 Å². The molecule has 0 aromatic heterocycles. The number of carbonyl (C=O) groups excluding carboxylic acids is 1. The Morgan fingerprint density at radius 2 is 1.88 bits per heavy atom. The van der Waals surface area contributed by atoms with Gasteiger partial charge in [0.05, 0.1) is 11.8 Å². The first-order valence-corrected chi connectivity index (χ1v) is 8.44. The lowest BCUT2D eigenvalue weighted by molar-refractivity contribution is -0.187. The molecule has 0 bridgehead atoms. The number of amides is 2. The normalized spacial score (nSPS) is 31.3. The molecule has 5 nitrogen and oxygen atoms in total. The summed E-state index contributed by atoms with van der Waals surface area (Å²) in [5, 5.41) is 11.8. The Bertz CT molecular complexity index is 482. The van der Waals surface area contributed by atoms with Gasteiger partial charge in [-0.3, -0.25) is 4.79 Å². The molecule has 0 aromatic rings. The van der Waals surface area contributed by atoms with Crippen LogP contribution in [0.25, 0.3) is 0 Å². The third-order valence-electron chi connectivity index (χ3n) is 5.33. The number of carbonyl (C=O) groups is 2. The second-order valence-electron chi connectivity index (χ2n) is 7.31. The van der Waals surface area contributed by atoms with E-state index >= 15 is 0 Å². The molecule has 138 valence electrons. The van der Waals surface area contributed by atoms with E-state index in [0.717, 1.165) is 30.6 Å². The highest BCUT2D eigenvalue weighted by atomic mass is 19.4. The highest BCUT2D eigenvalue weighted by Crippen LogP contribution is 2.38. The predicted molar refractivity (Wildman–Crippen MR) is 81.4 cm³/mol. The molecule has 2 fully saturated rings. The lowest BCUT2D eigenvalue weighted by Gasteiger charge is -2.33. The molecule has 1 saturated heterocycles. The average Bonchev–Trinajstić information content (AvgIpc) is 2.93. The Kier molecular flexibility index (Phi) is 5.65. The van der Waals surface area contributed by atoms with Crippen molar-refractivity contribution in [2.24, 2.45) is 23.7 Å². The first-order valence-electron chi connectivity index (χ1n) is 8.44. The lowest BCUT2D eigenvalue weighted by Crippen LogP contribution is -2.46. The van der Waals surface area contributed by atoms with Crippen LogP contribution in [0, 0.1) is 23.7 Å². The summed E-state index contributed by atoms with van der Waals surface area (Å²) in [6.07, 6.45) is -0.899. The van der Waals surface area contributed by atoms with E-state index in [4.69, 9.17) is 5.11 Å². The largest absolute Gasteiger partial charge is 0.481 e. The van der Waals surface area contributed by atoms with Gasteiger partial charge in [0.1, 0.15) is 0 Å². The van der Waals surface area contributed by atoms with Crippen molar-refractivity contribution in [3.8, 4) is 0 Å². The maximum Gasteiger partial charge on any atom is 0.394 e. The summed E-state index contributed by atoms with van der Waals surface area (Å²) in [6, 6.07) is -0.630. The number of hydrogen-bond acceptors (Lipinski definition) is 2. The molecule has 0 aromatic carbocycles. The number of hydrogen-bond donors (Lipinski definition) is 2. The molecule has 2 N–H and O–H groups in total. The van der Waals surface area contributed by atoms with Crippen molar-refractivity contribution in [1.29, 1.82) is 0 Å². The van der Waals surface area contributed by atoms with Crippen LogP contribution < -0.4 is 5.32 Å². The molecule has 2 amide bonds. The van der Waals surface area contributed by atoms with Gasteiger partial charge in [0.2, 0.25) is 0 Å². The minimum absolute atomic E-state index is 0.0492. The number of nitrogens with zero attached hydrogens (tertiary/aromatic N) is 1. The Hall–Kier alpha value is -1.47. The molecule has 1 aliphatic carbocycles. The summed E-state index contributed by atoms with van der Waals surface area (Å²) in [7, 11) is 0. The van der Waals surface area contributed by atoms with Crippen molar-refractivity contribution >= 4 is 12.0 Å². The predicted octanol–water partition coefficient (Wildman–Crippen LogP) is 3.11. The van der Waals surface area contributed by atoms with Crippen LogP contribution >= 0.6 is 0 Å². The first kappa shape index (κ1) is 18.9. The standard InChI is InChI=1S/C16H25F3N2O3/c1-9(2)10-4-3-5-11(6-10)20-15(24)21-7-12(14(22)23)13(8-21)16(17,18)19/h9-13H,3-8H2,1-2H3,(H,20,24)(H,22,23)/t10?,11?,12-,13-/m1/s1. The second kappa shape index (κ2) is 7.19. The van der Waals surface area contributed by atoms with Crippen LogP contribution in [0.2, 0.25) is 0 Å². The molecule has 1 heterocycles. The molecule has 24 heavy (non-hydrogen) atoms. The van der Waals surface area contributed by atoms with E-state index in [-0.39, 0.29) is 6.04 Å². The summed E-state index contributed by atoms with van der Waals surface area (Å²) in [6.45, 7) is 3.26. The number of rotatable bonds is 3. The Labute approximate surface area is 139 Å². The van der Waals surface area contributed by atoms with E-state index in [1.807, 2.05) is 0 Å². The third-order valence-corrected chi connectivity index (χ3v) is 5.33. The topological polar surface area (TPSA) is 69.6 Å². The van der Waals surface area contributed by atoms with Crippen LogP contribution in [0.5, 0.6) is 0 Å². The van der Waals surface area contributed by atoms with Crippen molar-refractivity contribution < 1.29 is 27.9 Å². The van der Waals surface area contributed by atoms with Crippen molar-refractivity contribution in [3.05, 3.63) is 0 Å². The number of nitrogens with one attached hydrogen (secondary N) is 1. The van der Waals surface area contributed by atoms with Crippen LogP contribution in [0.4, 0.5) is 18.0 Å². The van der Waals surface area contributed by atoms with E-state index in [9.17, 15) is 22.8 Å². The first-order chi connectivity index (χ1) is 11.1. The van der Waals surface area contributed by atoms with Crippen LogP contribution in [0.1, 0.15) is 39.5 Å². The molecule has 2 aliphatic rings. The second-order valence-corrected chi connectivity index (χ2v) is 7.31. The number of urea groups is 1. The van der Waals surface area contributed by atoms with E-state index in [2.05, 4.69) is 19.2 Å². The minimum atomic E-state index is -4.62. The van der Waals surface area contributed by atoms with Gasteiger partial charge in [0.15, 0.2) is 0 Å². The SMILES string of the molecule is CC(C)C1CCCC(NC(=O)N2C[C@@H](C(F)(F)F)[C@H](C(=O)O)C2)C1. The smallest absolute Gasteiger partial charge is 0.394 e. The number of halogens is 3. The van der Waals surface area contributed by atoms with E-state index in [1.165, 1.54) is 0 Å². The van der Waals surface area contributed by atoms with Gasteiger partial charge in [0, 0.05) is 19.1 Å². The van der Waals surface area contributed by atoms with Gasteiger partial charge >= 0.3 is 18.2 Å². The van der Waals surface area contributed by atoms with Gasteiger partial charge in [-0.15, -0.1) is 0 Å². The molecular weight excluding hydrogens is 325 g/mol. The molecule has 2 rings (SSSR count). The molecule has 4 atom stereocenters. The summed E-state index contributed by atoms with van der Waals surface area (Å²) >= 11 is 0. The fourth-order valence-corrected chi connectivity index (χ4v) is 3.78. The fraction of sp³-hybridized carbons (Fsp3) is 0.875. The zero-order chi connectivity index (χ0) is 18.1. The van der Waals surface area contributed by atoms with Crippen LogP contribution in [0.3, 0.4) is 0 Å². The quantitative estimate of drug-likeness (QED) is 0.822. The van der Waals surface area contributed by atoms with Crippen molar-refractivity contribution in [3.63, 3.8) is 0 Å². The van der Waals surface area contributed by atoms with Crippen molar-refractivity contribution in [2.45, 2.75) is 51.7 Å². The van der Waals surface area contributed by atoms with Gasteiger partial charge < -0.3 is 15.3 Å². The lowest BCUT2D eigenvalue weighted by atomic mass is 9.79. The average molecular weight is 350 g/mol. The molecule has 0 radical (unpaired) electrons.